The Labute approximate surface area is 111 Å². The molecule has 0 spiro atoms. The number of hydrogen-bond acceptors (Lipinski definition) is 5. The van der Waals surface area contributed by atoms with Crippen molar-refractivity contribution in [2.75, 3.05) is 13.2 Å². The summed E-state index contributed by atoms with van der Waals surface area (Å²) in [5.41, 5.74) is 0.274. The van der Waals surface area contributed by atoms with E-state index in [4.69, 9.17) is 15.1 Å². The van der Waals surface area contributed by atoms with Crippen molar-refractivity contribution in [1.29, 1.82) is 5.26 Å². The molecule has 1 aliphatic heterocycles. The maximum Gasteiger partial charge on any atom is 0.330 e. The number of aliphatic carboxylic acids is 1. The molecule has 0 aliphatic carbocycles. The fourth-order valence-electron chi connectivity index (χ4n) is 0.933. The van der Waals surface area contributed by atoms with Crippen molar-refractivity contribution in [2.45, 2.75) is 25.4 Å². The molecule has 1 unspecified atom stereocenters. The van der Waals surface area contributed by atoms with Crippen LogP contribution in [-0.2, 0) is 19.1 Å². The number of nitrogens with zero attached hydrogens (tertiary/aromatic N) is 1. The summed E-state index contributed by atoms with van der Waals surface area (Å²) in [7, 11) is 0. The van der Waals surface area contributed by atoms with Crippen molar-refractivity contribution >= 4 is 11.9 Å². The lowest BCUT2D eigenvalue weighted by atomic mass is 10.1. The van der Waals surface area contributed by atoms with Gasteiger partial charge < -0.3 is 14.6 Å². The average molecular weight is 267 g/mol. The molecule has 1 heterocycles. The standard InChI is InChI=1S/C7H10O3.C6H7NO2/c1-5(7(8)9)2-3-6-4-10-6;1-2-6(8)9-5-3-4-7/h6H,1-4H2,(H,8,9);2H,1,3,5H2. The topological polar surface area (TPSA) is 99.9 Å². The Hall–Kier alpha value is -2.13. The second-order valence-corrected chi connectivity index (χ2v) is 3.68. The van der Waals surface area contributed by atoms with Gasteiger partial charge in [0.25, 0.3) is 0 Å². The number of esters is 1. The van der Waals surface area contributed by atoms with Crippen LogP contribution >= 0.6 is 0 Å². The highest BCUT2D eigenvalue weighted by atomic mass is 16.6. The van der Waals surface area contributed by atoms with Crippen molar-refractivity contribution < 1.29 is 24.2 Å². The Morgan fingerprint density at radius 3 is 2.63 bits per heavy atom. The Morgan fingerprint density at radius 2 is 2.21 bits per heavy atom. The number of rotatable bonds is 7. The third kappa shape index (κ3) is 10.7. The third-order valence-corrected chi connectivity index (χ3v) is 2.10. The number of carboxylic acid groups (broad SMARTS) is 1. The molecule has 1 N–H and O–H groups in total. The molecule has 0 aromatic rings. The molecule has 104 valence electrons. The summed E-state index contributed by atoms with van der Waals surface area (Å²) in [5.74, 6) is -1.38. The fraction of sp³-hybridized carbons (Fsp3) is 0.462. The van der Waals surface area contributed by atoms with Crippen LogP contribution in [0.3, 0.4) is 0 Å². The van der Waals surface area contributed by atoms with Gasteiger partial charge in [0.1, 0.15) is 6.61 Å². The minimum absolute atomic E-state index is 0.154. The molecule has 6 nitrogen and oxygen atoms in total. The van der Waals surface area contributed by atoms with Gasteiger partial charge >= 0.3 is 11.9 Å². The first-order valence-corrected chi connectivity index (χ1v) is 5.70. The Kier molecular flexibility index (Phi) is 8.75. The monoisotopic (exact) mass is 267 g/mol. The first-order valence-electron chi connectivity index (χ1n) is 5.70. The fourth-order valence-corrected chi connectivity index (χ4v) is 0.933. The second kappa shape index (κ2) is 9.85. The zero-order valence-electron chi connectivity index (χ0n) is 10.6. The van der Waals surface area contributed by atoms with E-state index in [2.05, 4.69) is 17.9 Å². The van der Waals surface area contributed by atoms with E-state index in [-0.39, 0.29) is 18.6 Å². The van der Waals surface area contributed by atoms with Crippen LogP contribution in [-0.4, -0.2) is 36.4 Å². The predicted molar refractivity (Wildman–Crippen MR) is 67.1 cm³/mol. The van der Waals surface area contributed by atoms with Crippen LogP contribution in [0, 0.1) is 11.3 Å². The van der Waals surface area contributed by atoms with Gasteiger partial charge in [-0.1, -0.05) is 13.2 Å². The summed E-state index contributed by atoms with van der Waals surface area (Å²) >= 11 is 0. The zero-order chi connectivity index (χ0) is 14.7. The summed E-state index contributed by atoms with van der Waals surface area (Å²) < 4.78 is 9.36. The highest BCUT2D eigenvalue weighted by Crippen LogP contribution is 2.17. The van der Waals surface area contributed by atoms with Crippen LogP contribution in [0.1, 0.15) is 19.3 Å². The molecule has 0 aromatic heterocycles. The van der Waals surface area contributed by atoms with Crippen molar-refractivity contribution in [2.24, 2.45) is 0 Å². The van der Waals surface area contributed by atoms with Crippen LogP contribution < -0.4 is 0 Å². The van der Waals surface area contributed by atoms with E-state index in [1.165, 1.54) is 0 Å². The normalized spacial score (nSPS) is 15.2. The van der Waals surface area contributed by atoms with Crippen LogP contribution in [0.15, 0.2) is 24.8 Å². The molecular formula is C13H17NO5. The number of carbonyl (C=O) groups excluding carboxylic acids is 1. The molecule has 1 aliphatic rings. The minimum atomic E-state index is -0.902. The molecule has 1 atom stereocenters. The first kappa shape index (κ1) is 16.9. The molecule has 0 aromatic carbocycles. The van der Waals surface area contributed by atoms with Crippen LogP contribution in [0.5, 0.6) is 0 Å². The molecule has 0 bridgehead atoms. The maximum atomic E-state index is 10.2. The summed E-state index contributed by atoms with van der Waals surface area (Å²) in [6, 6.07) is 1.84. The van der Waals surface area contributed by atoms with E-state index >= 15 is 0 Å². The van der Waals surface area contributed by atoms with E-state index < -0.39 is 11.9 Å². The van der Waals surface area contributed by atoms with Crippen LogP contribution in [0.2, 0.25) is 0 Å². The number of epoxide rings is 1. The highest BCUT2D eigenvalue weighted by molar-refractivity contribution is 5.85. The SMILES string of the molecule is C=C(CCC1CO1)C(=O)O.C=CC(=O)OCCC#N. The largest absolute Gasteiger partial charge is 0.478 e. The molecule has 1 fully saturated rings. The Morgan fingerprint density at radius 1 is 1.58 bits per heavy atom. The summed E-state index contributed by atoms with van der Waals surface area (Å²) in [6.45, 7) is 7.52. The van der Waals surface area contributed by atoms with Crippen LogP contribution in [0.4, 0.5) is 0 Å². The molecule has 19 heavy (non-hydrogen) atoms. The van der Waals surface area contributed by atoms with Crippen molar-refractivity contribution in [3.05, 3.63) is 24.8 Å². The lowest BCUT2D eigenvalue weighted by Gasteiger charge is -1.95. The van der Waals surface area contributed by atoms with Gasteiger partial charge in [-0.15, -0.1) is 0 Å². The van der Waals surface area contributed by atoms with Gasteiger partial charge in [0.2, 0.25) is 0 Å². The number of carboxylic acids is 1. The van der Waals surface area contributed by atoms with Crippen molar-refractivity contribution in [3.63, 3.8) is 0 Å². The number of nitriles is 1. The Bertz CT molecular complexity index is 379. The number of carbonyl (C=O) groups is 2. The van der Waals surface area contributed by atoms with E-state index in [1.54, 1.807) is 0 Å². The van der Waals surface area contributed by atoms with Gasteiger partial charge in [0.05, 0.1) is 25.2 Å². The molecule has 0 radical (unpaired) electrons. The summed E-state index contributed by atoms with van der Waals surface area (Å²) in [5, 5.41) is 16.4. The highest BCUT2D eigenvalue weighted by Gasteiger charge is 2.22. The first-order chi connectivity index (χ1) is 9.01. The number of ether oxygens (including phenoxy) is 2. The molecular weight excluding hydrogens is 250 g/mol. The maximum absolute atomic E-state index is 10.2. The van der Waals surface area contributed by atoms with Gasteiger partial charge in [-0.3, -0.25) is 0 Å². The van der Waals surface area contributed by atoms with Crippen LogP contribution in [0.25, 0.3) is 0 Å². The molecule has 1 rings (SSSR count). The zero-order valence-corrected chi connectivity index (χ0v) is 10.6. The van der Waals surface area contributed by atoms with Crippen molar-refractivity contribution in [1.82, 2.24) is 0 Å². The van der Waals surface area contributed by atoms with Gasteiger partial charge in [-0.2, -0.15) is 5.26 Å². The van der Waals surface area contributed by atoms with Gasteiger partial charge in [0.15, 0.2) is 0 Å². The minimum Gasteiger partial charge on any atom is -0.478 e. The predicted octanol–water partition coefficient (Wildman–Crippen LogP) is 1.44. The molecule has 1 saturated heterocycles. The smallest absolute Gasteiger partial charge is 0.330 e. The molecule has 0 amide bonds. The third-order valence-electron chi connectivity index (χ3n) is 2.10. The quantitative estimate of drug-likeness (QED) is 0.324. The van der Waals surface area contributed by atoms with Crippen molar-refractivity contribution in [3.8, 4) is 6.07 Å². The summed E-state index contributed by atoms with van der Waals surface area (Å²) in [4.78, 5) is 20.4. The lowest BCUT2D eigenvalue weighted by Crippen LogP contribution is -2.00. The van der Waals surface area contributed by atoms with E-state index in [0.29, 0.717) is 12.5 Å². The van der Waals surface area contributed by atoms with E-state index in [1.807, 2.05) is 6.07 Å². The number of hydrogen-bond donors (Lipinski definition) is 1. The van der Waals surface area contributed by atoms with E-state index in [0.717, 1.165) is 19.1 Å². The molecule has 6 heteroatoms. The molecule has 0 saturated carbocycles. The van der Waals surface area contributed by atoms with Gasteiger partial charge in [0, 0.05) is 11.6 Å². The summed E-state index contributed by atoms with van der Waals surface area (Å²) in [6.07, 6.45) is 2.94. The van der Waals surface area contributed by atoms with E-state index in [9.17, 15) is 9.59 Å². The lowest BCUT2D eigenvalue weighted by molar-refractivity contribution is -0.137. The second-order valence-electron chi connectivity index (χ2n) is 3.68. The Balaban J connectivity index is 0.000000344. The van der Waals surface area contributed by atoms with Gasteiger partial charge in [-0.25, -0.2) is 9.59 Å². The van der Waals surface area contributed by atoms with Gasteiger partial charge in [-0.05, 0) is 12.8 Å². The average Bonchev–Trinajstić information content (AvgIpc) is 3.20.